The molecule has 0 radical (unpaired) electrons. The molecule has 0 spiro atoms. The monoisotopic (exact) mass is 580 g/mol. The number of fused-ring (bicyclic) bond motifs is 7. The maximum absolute atomic E-state index is 14.2. The van der Waals surface area contributed by atoms with Crippen molar-refractivity contribution in [2.75, 3.05) is 6.61 Å². The molecule has 4 fully saturated rings. The zero-order chi connectivity index (χ0) is 30.3. The number of carbonyl (C=O) groups excluding carboxylic acids is 1. The number of ether oxygens (including phenoxy) is 1. The maximum atomic E-state index is 14.2. The van der Waals surface area contributed by atoms with E-state index in [9.17, 15) is 19.4 Å². The normalized spacial score (nSPS) is 45.9. The van der Waals surface area contributed by atoms with E-state index in [0.29, 0.717) is 11.8 Å². The van der Waals surface area contributed by atoms with Crippen molar-refractivity contribution in [2.24, 2.45) is 50.2 Å². The molecule has 5 heteroatoms. The summed E-state index contributed by atoms with van der Waals surface area (Å²) in [5.74, 6) is 0.589. The Morgan fingerprint density at radius 1 is 0.929 bits per heavy atom. The SMILES string of the molecule is CC1(C)CC[C@]2(C(=O)OCc3ccc(F)cc3)CC[C@]3(C)C(=CC[C@@H]4[C@@]5(C)CC[C@H](O)[C@@](C)(CO)[C@@H]5CC[C@]43C)[C@@H]2C1. The van der Waals surface area contributed by atoms with Gasteiger partial charge in [0.25, 0.3) is 0 Å². The Labute approximate surface area is 252 Å². The molecule has 0 unspecified atom stereocenters. The van der Waals surface area contributed by atoms with Crippen LogP contribution in [0.15, 0.2) is 35.9 Å². The highest BCUT2D eigenvalue weighted by molar-refractivity contribution is 5.79. The quantitative estimate of drug-likeness (QED) is 0.280. The number of carbonyl (C=O) groups is 1. The molecule has 232 valence electrons. The minimum atomic E-state index is -0.504. The second kappa shape index (κ2) is 9.89. The number of allylic oxidation sites excluding steroid dienone is 2. The number of rotatable bonds is 4. The number of hydrogen-bond donors (Lipinski definition) is 2. The van der Waals surface area contributed by atoms with Crippen molar-refractivity contribution in [3.05, 3.63) is 47.3 Å². The summed E-state index contributed by atoms with van der Waals surface area (Å²) >= 11 is 0. The van der Waals surface area contributed by atoms with Crippen molar-refractivity contribution < 1.29 is 24.1 Å². The average molecular weight is 581 g/mol. The van der Waals surface area contributed by atoms with Crippen LogP contribution in [0.1, 0.15) is 111 Å². The number of benzene rings is 1. The first-order chi connectivity index (χ1) is 19.7. The molecule has 9 atom stereocenters. The third kappa shape index (κ3) is 4.15. The van der Waals surface area contributed by atoms with E-state index in [1.54, 1.807) is 12.1 Å². The summed E-state index contributed by atoms with van der Waals surface area (Å²) in [4.78, 5) is 14.2. The van der Waals surface area contributed by atoms with Crippen LogP contribution in [0.25, 0.3) is 0 Å². The molecule has 0 amide bonds. The Hall–Kier alpha value is -1.72. The lowest BCUT2D eigenvalue weighted by Gasteiger charge is -2.71. The Bertz CT molecular complexity index is 1250. The minimum absolute atomic E-state index is 0.00556. The van der Waals surface area contributed by atoms with Gasteiger partial charge in [0, 0.05) is 5.41 Å². The van der Waals surface area contributed by atoms with E-state index in [2.05, 4.69) is 47.6 Å². The van der Waals surface area contributed by atoms with Gasteiger partial charge in [-0.2, -0.15) is 0 Å². The number of halogens is 1. The maximum Gasteiger partial charge on any atom is 0.313 e. The van der Waals surface area contributed by atoms with Gasteiger partial charge in [0.1, 0.15) is 12.4 Å². The molecule has 42 heavy (non-hydrogen) atoms. The molecule has 0 heterocycles. The molecule has 5 aliphatic carbocycles. The van der Waals surface area contributed by atoms with Crippen LogP contribution in [0.5, 0.6) is 0 Å². The zero-order valence-corrected chi connectivity index (χ0v) is 26.8. The van der Waals surface area contributed by atoms with Crippen molar-refractivity contribution in [1.82, 2.24) is 0 Å². The van der Waals surface area contributed by atoms with Gasteiger partial charge in [-0.25, -0.2) is 4.39 Å². The van der Waals surface area contributed by atoms with Gasteiger partial charge in [0.15, 0.2) is 0 Å². The van der Waals surface area contributed by atoms with Crippen molar-refractivity contribution >= 4 is 5.97 Å². The molecule has 0 aliphatic heterocycles. The molecule has 0 saturated heterocycles. The number of aliphatic hydroxyl groups excluding tert-OH is 2. The number of esters is 1. The van der Waals surface area contributed by atoms with Crippen LogP contribution in [0.3, 0.4) is 0 Å². The summed E-state index contributed by atoms with van der Waals surface area (Å²) in [7, 11) is 0. The van der Waals surface area contributed by atoms with E-state index in [1.807, 2.05) is 0 Å². The van der Waals surface area contributed by atoms with Crippen LogP contribution < -0.4 is 0 Å². The van der Waals surface area contributed by atoms with Crippen LogP contribution in [0.2, 0.25) is 0 Å². The second-order valence-electron chi connectivity index (χ2n) is 16.8. The molecule has 1 aromatic rings. The van der Waals surface area contributed by atoms with Gasteiger partial charge in [-0.1, -0.05) is 65.3 Å². The Morgan fingerprint density at radius 2 is 1.62 bits per heavy atom. The largest absolute Gasteiger partial charge is 0.460 e. The van der Waals surface area contributed by atoms with Gasteiger partial charge in [0.05, 0.1) is 18.1 Å². The molecule has 0 aromatic heterocycles. The average Bonchev–Trinajstić information content (AvgIpc) is 2.95. The predicted octanol–water partition coefficient (Wildman–Crippen LogP) is 8.00. The van der Waals surface area contributed by atoms with Gasteiger partial charge >= 0.3 is 5.97 Å². The third-order valence-corrected chi connectivity index (χ3v) is 14.4. The Balaban J connectivity index is 1.35. The highest BCUT2D eigenvalue weighted by Crippen LogP contribution is 2.75. The van der Waals surface area contributed by atoms with E-state index in [4.69, 9.17) is 4.74 Å². The first kappa shape index (κ1) is 30.3. The van der Waals surface area contributed by atoms with Gasteiger partial charge in [-0.15, -0.1) is 0 Å². The van der Waals surface area contributed by atoms with E-state index in [1.165, 1.54) is 17.7 Å². The predicted molar refractivity (Wildman–Crippen MR) is 163 cm³/mol. The van der Waals surface area contributed by atoms with E-state index >= 15 is 0 Å². The number of hydrogen-bond acceptors (Lipinski definition) is 4. The summed E-state index contributed by atoms with van der Waals surface area (Å²) in [6, 6.07) is 6.25. The van der Waals surface area contributed by atoms with E-state index in [-0.39, 0.29) is 52.6 Å². The Kier molecular flexibility index (Phi) is 7.14. The van der Waals surface area contributed by atoms with Crippen LogP contribution in [0, 0.1) is 56.1 Å². The molecular formula is C37H53FO4. The van der Waals surface area contributed by atoms with Crippen molar-refractivity contribution in [1.29, 1.82) is 0 Å². The molecule has 6 rings (SSSR count). The van der Waals surface area contributed by atoms with Gasteiger partial charge in [-0.05, 0) is 121 Å². The Morgan fingerprint density at radius 3 is 2.31 bits per heavy atom. The topological polar surface area (TPSA) is 66.8 Å². The smallest absolute Gasteiger partial charge is 0.313 e. The summed E-state index contributed by atoms with van der Waals surface area (Å²) < 4.78 is 19.5. The lowest BCUT2D eigenvalue weighted by Crippen LogP contribution is -2.66. The summed E-state index contributed by atoms with van der Waals surface area (Å²) in [6.07, 6.45) is 11.7. The third-order valence-electron chi connectivity index (χ3n) is 14.4. The fourth-order valence-electron chi connectivity index (χ4n) is 11.5. The molecule has 1 aromatic carbocycles. The molecule has 0 bridgehead atoms. The van der Waals surface area contributed by atoms with Crippen LogP contribution in [0.4, 0.5) is 4.39 Å². The molecule has 4 nitrogen and oxygen atoms in total. The van der Waals surface area contributed by atoms with Crippen LogP contribution >= 0.6 is 0 Å². The highest BCUT2D eigenvalue weighted by atomic mass is 19.1. The van der Waals surface area contributed by atoms with Gasteiger partial charge in [0.2, 0.25) is 0 Å². The molecule has 2 N–H and O–H groups in total. The van der Waals surface area contributed by atoms with Crippen molar-refractivity contribution in [3.63, 3.8) is 0 Å². The number of aliphatic hydroxyl groups is 2. The summed E-state index contributed by atoms with van der Waals surface area (Å²) in [6.45, 7) is 14.6. The van der Waals surface area contributed by atoms with E-state index in [0.717, 1.165) is 69.8 Å². The van der Waals surface area contributed by atoms with Crippen molar-refractivity contribution in [2.45, 2.75) is 118 Å². The van der Waals surface area contributed by atoms with E-state index < -0.39 is 16.9 Å². The first-order valence-electron chi connectivity index (χ1n) is 16.6. The molecule has 4 saturated carbocycles. The van der Waals surface area contributed by atoms with Crippen LogP contribution in [-0.2, 0) is 16.1 Å². The highest BCUT2D eigenvalue weighted by Gasteiger charge is 2.69. The lowest BCUT2D eigenvalue weighted by molar-refractivity contribution is -0.217. The minimum Gasteiger partial charge on any atom is -0.460 e. The summed E-state index contributed by atoms with van der Waals surface area (Å²) in [5.41, 5.74) is 1.66. The standard InChI is InChI=1S/C37H53FO4/c1-32(2)17-19-37(31(41)42-22-24-7-9-25(38)10-8-24)20-18-35(5)26(27(37)21-32)11-12-29-33(3)15-14-30(40)34(4,23-39)28(33)13-16-36(29,35)6/h7-11,27-30,39-40H,12-23H2,1-6H3/t27-,28+,29+,30-,33-,34-,35+,36+,37-/m0/s1. The summed E-state index contributed by atoms with van der Waals surface area (Å²) in [5, 5.41) is 21.6. The molecule has 5 aliphatic rings. The zero-order valence-electron chi connectivity index (χ0n) is 26.8. The fourth-order valence-corrected chi connectivity index (χ4v) is 11.5. The van der Waals surface area contributed by atoms with Crippen LogP contribution in [-0.4, -0.2) is 28.9 Å². The van der Waals surface area contributed by atoms with Gasteiger partial charge < -0.3 is 14.9 Å². The van der Waals surface area contributed by atoms with Gasteiger partial charge in [-0.3, -0.25) is 4.79 Å². The first-order valence-corrected chi connectivity index (χ1v) is 16.6. The second-order valence-corrected chi connectivity index (χ2v) is 16.8. The lowest BCUT2D eigenvalue weighted by atomic mass is 9.33. The fraction of sp³-hybridized carbons (Fsp3) is 0.757. The molecular weight excluding hydrogens is 527 g/mol. The van der Waals surface area contributed by atoms with Crippen molar-refractivity contribution in [3.8, 4) is 0 Å².